The van der Waals surface area contributed by atoms with Crippen LogP contribution in [0.25, 0.3) is 22.6 Å². The first-order valence-electron chi connectivity index (χ1n) is 9.25. The van der Waals surface area contributed by atoms with Gasteiger partial charge in [0.15, 0.2) is 5.58 Å². The van der Waals surface area contributed by atoms with E-state index in [1.165, 1.54) is 11.1 Å². The van der Waals surface area contributed by atoms with E-state index in [-0.39, 0.29) is 0 Å². The number of fused-ring (bicyclic) bond motifs is 1. The Labute approximate surface area is 165 Å². The molecule has 0 aliphatic heterocycles. The Morgan fingerprint density at radius 1 is 1.00 bits per heavy atom. The van der Waals surface area contributed by atoms with Gasteiger partial charge in [-0.2, -0.15) is 0 Å². The van der Waals surface area contributed by atoms with Gasteiger partial charge < -0.3 is 9.15 Å². The van der Waals surface area contributed by atoms with Crippen molar-refractivity contribution in [1.82, 2.24) is 4.98 Å². The molecule has 1 heterocycles. The Morgan fingerprint density at radius 2 is 1.79 bits per heavy atom. The SMILES string of the molecule is C=C(Oc1cc2nc(-c3ccc(C)cc3)oc2cc1C)[C]1C=CC=C(C)C=C1. The number of nitrogens with zero attached hydrogens (tertiary/aromatic N) is 1. The average Bonchev–Trinajstić information content (AvgIpc) is 2.94. The van der Waals surface area contributed by atoms with Gasteiger partial charge in [0.2, 0.25) is 5.89 Å². The average molecular weight is 368 g/mol. The second-order valence-electron chi connectivity index (χ2n) is 7.05. The van der Waals surface area contributed by atoms with Crippen LogP contribution in [0.3, 0.4) is 0 Å². The Balaban J connectivity index is 1.61. The van der Waals surface area contributed by atoms with Crippen LogP contribution in [0.4, 0.5) is 0 Å². The molecule has 139 valence electrons. The lowest BCUT2D eigenvalue weighted by atomic mass is 10.1. The third-order valence-electron chi connectivity index (χ3n) is 4.70. The number of oxazole rings is 1. The highest BCUT2D eigenvalue weighted by Gasteiger charge is 2.15. The zero-order chi connectivity index (χ0) is 19.7. The van der Waals surface area contributed by atoms with Crippen molar-refractivity contribution in [1.29, 1.82) is 0 Å². The number of rotatable bonds is 4. The van der Waals surface area contributed by atoms with Crippen molar-refractivity contribution < 1.29 is 9.15 Å². The van der Waals surface area contributed by atoms with Crippen LogP contribution in [0.5, 0.6) is 5.75 Å². The molecule has 0 amide bonds. The summed E-state index contributed by atoms with van der Waals surface area (Å²) in [7, 11) is 0. The molecule has 2 aromatic carbocycles. The standard InChI is InChI=1S/C25H22NO2/c1-16-6-5-7-20(11-8-16)19(4)27-23-15-22-24(14-18(23)3)28-25(26-22)21-12-9-17(2)10-13-21/h5-15H,4H2,1-3H3. The van der Waals surface area contributed by atoms with Gasteiger partial charge in [0, 0.05) is 11.6 Å². The first-order chi connectivity index (χ1) is 13.5. The molecule has 3 aromatic rings. The molecule has 1 aliphatic rings. The molecule has 0 unspecified atom stereocenters. The number of hydrogen-bond acceptors (Lipinski definition) is 3. The van der Waals surface area contributed by atoms with E-state index in [0.29, 0.717) is 11.6 Å². The molecule has 28 heavy (non-hydrogen) atoms. The molecule has 0 spiro atoms. The summed E-state index contributed by atoms with van der Waals surface area (Å²) in [5.41, 5.74) is 5.82. The van der Waals surface area contributed by atoms with E-state index in [4.69, 9.17) is 9.15 Å². The summed E-state index contributed by atoms with van der Waals surface area (Å²) >= 11 is 0. The van der Waals surface area contributed by atoms with Crippen molar-refractivity contribution in [3.63, 3.8) is 0 Å². The Morgan fingerprint density at radius 3 is 2.57 bits per heavy atom. The van der Waals surface area contributed by atoms with Crippen molar-refractivity contribution in [2.75, 3.05) is 0 Å². The smallest absolute Gasteiger partial charge is 0.227 e. The monoisotopic (exact) mass is 368 g/mol. The van der Waals surface area contributed by atoms with Crippen LogP contribution in [0, 0.1) is 19.8 Å². The highest BCUT2D eigenvalue weighted by molar-refractivity contribution is 5.79. The van der Waals surface area contributed by atoms with Crippen molar-refractivity contribution in [2.45, 2.75) is 20.8 Å². The van der Waals surface area contributed by atoms with Crippen LogP contribution in [0.2, 0.25) is 0 Å². The Kier molecular flexibility index (Phi) is 4.74. The quantitative estimate of drug-likeness (QED) is 0.484. The normalized spacial score (nSPS) is 14.2. The van der Waals surface area contributed by atoms with Gasteiger partial charge >= 0.3 is 0 Å². The van der Waals surface area contributed by atoms with Crippen LogP contribution < -0.4 is 4.74 Å². The van der Waals surface area contributed by atoms with E-state index in [0.717, 1.165) is 33.9 Å². The molecule has 0 atom stereocenters. The lowest BCUT2D eigenvalue weighted by Crippen LogP contribution is -2.03. The molecule has 1 aromatic heterocycles. The van der Waals surface area contributed by atoms with Crippen molar-refractivity contribution in [3.8, 4) is 17.2 Å². The van der Waals surface area contributed by atoms with Crippen LogP contribution in [-0.4, -0.2) is 4.98 Å². The summed E-state index contributed by atoms with van der Waals surface area (Å²) < 4.78 is 12.0. The summed E-state index contributed by atoms with van der Waals surface area (Å²) in [5, 5.41) is 0. The summed E-state index contributed by atoms with van der Waals surface area (Å²) in [5.74, 6) is 2.87. The van der Waals surface area contributed by atoms with E-state index in [9.17, 15) is 0 Å². The zero-order valence-electron chi connectivity index (χ0n) is 16.3. The molecule has 0 fully saturated rings. The van der Waals surface area contributed by atoms with Crippen LogP contribution in [0.15, 0.2) is 89.1 Å². The third-order valence-corrected chi connectivity index (χ3v) is 4.70. The molecule has 0 saturated carbocycles. The fourth-order valence-electron chi connectivity index (χ4n) is 3.00. The van der Waals surface area contributed by atoms with Crippen molar-refractivity contribution in [2.24, 2.45) is 0 Å². The van der Waals surface area contributed by atoms with Crippen LogP contribution in [0.1, 0.15) is 18.1 Å². The van der Waals surface area contributed by atoms with Gasteiger partial charge in [0.1, 0.15) is 17.0 Å². The largest absolute Gasteiger partial charge is 0.461 e. The molecule has 1 radical (unpaired) electrons. The maximum atomic E-state index is 6.08. The second-order valence-corrected chi connectivity index (χ2v) is 7.05. The Bertz CT molecular complexity index is 1130. The van der Waals surface area contributed by atoms with E-state index >= 15 is 0 Å². The molecule has 4 rings (SSSR count). The first kappa shape index (κ1) is 18.1. The van der Waals surface area contributed by atoms with Gasteiger partial charge in [-0.15, -0.1) is 0 Å². The summed E-state index contributed by atoms with van der Waals surface area (Å²) in [6.45, 7) is 10.2. The minimum atomic E-state index is 0.598. The third kappa shape index (κ3) is 3.70. The van der Waals surface area contributed by atoms with Crippen LogP contribution >= 0.6 is 0 Å². The van der Waals surface area contributed by atoms with Crippen molar-refractivity contribution in [3.05, 3.63) is 102 Å². The topological polar surface area (TPSA) is 35.3 Å². The van der Waals surface area contributed by atoms with Gasteiger partial charge in [0.25, 0.3) is 0 Å². The molecule has 1 aliphatic carbocycles. The van der Waals surface area contributed by atoms with E-state index < -0.39 is 0 Å². The number of ether oxygens (including phenoxy) is 1. The molecule has 0 bridgehead atoms. The maximum absolute atomic E-state index is 6.08. The van der Waals surface area contributed by atoms with Gasteiger partial charge in [-0.1, -0.05) is 60.2 Å². The highest BCUT2D eigenvalue weighted by Crippen LogP contribution is 2.32. The lowest BCUT2D eigenvalue weighted by Gasteiger charge is -2.14. The number of hydrogen-bond donors (Lipinski definition) is 0. The predicted molar refractivity (Wildman–Crippen MR) is 114 cm³/mol. The fraction of sp³-hybridized carbons (Fsp3) is 0.120. The number of aromatic nitrogens is 1. The summed E-state index contributed by atoms with van der Waals surface area (Å²) in [6, 6.07) is 12.0. The van der Waals surface area contributed by atoms with Gasteiger partial charge in [0.05, 0.1) is 5.92 Å². The molecule has 0 saturated heterocycles. The minimum Gasteiger partial charge on any atom is -0.461 e. The zero-order valence-corrected chi connectivity index (χ0v) is 16.3. The number of benzene rings is 2. The molecule has 3 nitrogen and oxygen atoms in total. The highest BCUT2D eigenvalue weighted by atomic mass is 16.5. The van der Waals surface area contributed by atoms with Gasteiger partial charge in [-0.3, -0.25) is 0 Å². The first-order valence-corrected chi connectivity index (χ1v) is 9.25. The molecular formula is C25H22NO2. The van der Waals surface area contributed by atoms with Gasteiger partial charge in [-0.05, 0) is 44.5 Å². The van der Waals surface area contributed by atoms with Gasteiger partial charge in [-0.25, -0.2) is 4.98 Å². The Hall–Kier alpha value is -3.33. The minimum absolute atomic E-state index is 0.598. The molecular weight excluding hydrogens is 346 g/mol. The summed E-state index contributed by atoms with van der Waals surface area (Å²) in [4.78, 5) is 4.64. The number of allylic oxidation sites excluding steroid dienone is 5. The van der Waals surface area contributed by atoms with E-state index in [2.05, 4.69) is 43.6 Å². The molecule has 3 heteroatoms. The fourth-order valence-corrected chi connectivity index (χ4v) is 3.00. The lowest BCUT2D eigenvalue weighted by molar-refractivity contribution is 0.429. The van der Waals surface area contributed by atoms with E-state index in [1.807, 2.05) is 55.5 Å². The maximum Gasteiger partial charge on any atom is 0.227 e. The summed E-state index contributed by atoms with van der Waals surface area (Å²) in [6.07, 6.45) is 10.1. The number of aryl methyl sites for hydroxylation is 2. The van der Waals surface area contributed by atoms with Crippen LogP contribution in [-0.2, 0) is 0 Å². The van der Waals surface area contributed by atoms with E-state index in [1.54, 1.807) is 0 Å². The molecule has 0 N–H and O–H groups in total. The second kappa shape index (κ2) is 7.35. The predicted octanol–water partition coefficient (Wildman–Crippen LogP) is 6.65. The van der Waals surface area contributed by atoms with Crippen molar-refractivity contribution >= 4 is 11.1 Å².